The summed E-state index contributed by atoms with van der Waals surface area (Å²) in [5.74, 6) is -1.11. The van der Waals surface area contributed by atoms with Gasteiger partial charge in [0.15, 0.2) is 0 Å². The van der Waals surface area contributed by atoms with Gasteiger partial charge in [0.1, 0.15) is 4.90 Å². The molecule has 154 valence electrons. The van der Waals surface area contributed by atoms with Gasteiger partial charge in [0.05, 0.1) is 11.8 Å². The first kappa shape index (κ1) is 20.7. The summed E-state index contributed by atoms with van der Waals surface area (Å²) in [5.41, 5.74) is 0.156. The van der Waals surface area contributed by atoms with E-state index in [0.717, 1.165) is 10.6 Å². The quantitative estimate of drug-likeness (QED) is 0.739. The summed E-state index contributed by atoms with van der Waals surface area (Å²) in [5, 5.41) is 2.76. The van der Waals surface area contributed by atoms with Crippen LogP contribution in [0.4, 0.5) is 0 Å². The second kappa shape index (κ2) is 7.12. The van der Waals surface area contributed by atoms with Gasteiger partial charge in [-0.3, -0.25) is 9.59 Å². The summed E-state index contributed by atoms with van der Waals surface area (Å²) in [6.45, 7) is 3.79. The molecule has 1 aromatic rings. The standard InChI is InChI=1S/C17H23N3O6S2/c1-11(2)20-17(22)14-7-6-12(9-15(14)28(20,25)26)16(21)18-13-5-4-8-19(10-13)27(3,23)24/h6-7,9,11,13H,4-5,8,10H2,1-3H3,(H,18,21). The highest BCUT2D eigenvalue weighted by atomic mass is 32.2. The topological polar surface area (TPSA) is 121 Å². The Morgan fingerprint density at radius 3 is 2.57 bits per heavy atom. The van der Waals surface area contributed by atoms with Gasteiger partial charge in [-0.25, -0.2) is 25.4 Å². The number of carbonyl (C=O) groups is 2. The molecule has 2 amide bonds. The van der Waals surface area contributed by atoms with Crippen LogP contribution in [0.15, 0.2) is 23.1 Å². The van der Waals surface area contributed by atoms with Crippen LogP contribution in [0.2, 0.25) is 0 Å². The first-order chi connectivity index (χ1) is 12.9. The number of carbonyl (C=O) groups excluding carboxylic acids is 2. The van der Waals surface area contributed by atoms with Crippen molar-refractivity contribution in [2.75, 3.05) is 19.3 Å². The molecule has 0 spiro atoms. The summed E-state index contributed by atoms with van der Waals surface area (Å²) in [6.07, 6.45) is 2.37. The van der Waals surface area contributed by atoms with Gasteiger partial charge >= 0.3 is 0 Å². The van der Waals surface area contributed by atoms with Crippen molar-refractivity contribution in [3.05, 3.63) is 29.3 Å². The number of nitrogens with one attached hydrogen (secondary N) is 1. The van der Waals surface area contributed by atoms with E-state index in [4.69, 9.17) is 0 Å². The predicted octanol–water partition coefficient (Wildman–Crippen LogP) is 0.393. The van der Waals surface area contributed by atoms with E-state index in [9.17, 15) is 26.4 Å². The number of sulfonamides is 2. The van der Waals surface area contributed by atoms with Gasteiger partial charge in [0.2, 0.25) is 10.0 Å². The molecule has 0 saturated carbocycles. The molecule has 1 fully saturated rings. The Balaban J connectivity index is 1.82. The Hall–Kier alpha value is -1.98. The van der Waals surface area contributed by atoms with Crippen LogP contribution in [0.25, 0.3) is 0 Å². The van der Waals surface area contributed by atoms with Crippen LogP contribution in [0.1, 0.15) is 47.4 Å². The molecule has 3 rings (SSSR count). The average Bonchev–Trinajstić information content (AvgIpc) is 2.80. The highest BCUT2D eigenvalue weighted by Gasteiger charge is 2.43. The number of benzene rings is 1. The fourth-order valence-electron chi connectivity index (χ4n) is 3.53. The maximum absolute atomic E-state index is 12.7. The molecule has 28 heavy (non-hydrogen) atoms. The lowest BCUT2D eigenvalue weighted by molar-refractivity contribution is 0.0845. The molecule has 2 aliphatic heterocycles. The van der Waals surface area contributed by atoms with E-state index in [-0.39, 0.29) is 28.6 Å². The molecule has 0 radical (unpaired) electrons. The molecule has 0 bridgehead atoms. The van der Waals surface area contributed by atoms with Gasteiger partial charge in [-0.15, -0.1) is 0 Å². The molecule has 1 unspecified atom stereocenters. The minimum Gasteiger partial charge on any atom is -0.348 e. The third-order valence-corrected chi connectivity index (χ3v) is 8.14. The lowest BCUT2D eigenvalue weighted by atomic mass is 10.1. The normalized spacial score (nSPS) is 22.4. The van der Waals surface area contributed by atoms with Gasteiger partial charge < -0.3 is 5.32 Å². The van der Waals surface area contributed by atoms with Crippen molar-refractivity contribution in [2.45, 2.75) is 43.7 Å². The lowest BCUT2D eigenvalue weighted by Gasteiger charge is -2.31. The number of nitrogens with zero attached hydrogens (tertiary/aromatic N) is 2. The zero-order chi connectivity index (χ0) is 20.9. The number of fused-ring (bicyclic) bond motifs is 1. The molecule has 0 aromatic heterocycles. The van der Waals surface area contributed by atoms with Gasteiger partial charge in [-0.05, 0) is 44.9 Å². The summed E-state index contributed by atoms with van der Waals surface area (Å²) in [4.78, 5) is 24.8. The first-order valence-electron chi connectivity index (χ1n) is 8.91. The average molecular weight is 430 g/mol. The Morgan fingerprint density at radius 1 is 1.29 bits per heavy atom. The number of amides is 2. The van der Waals surface area contributed by atoms with Crippen LogP contribution in [0.5, 0.6) is 0 Å². The SMILES string of the molecule is CC(C)N1C(=O)c2ccc(C(=O)NC3CCCN(S(C)(=O)=O)C3)cc2S1(=O)=O. The smallest absolute Gasteiger partial charge is 0.269 e. The van der Waals surface area contributed by atoms with E-state index >= 15 is 0 Å². The number of hydrogen-bond acceptors (Lipinski definition) is 6. The van der Waals surface area contributed by atoms with Crippen molar-refractivity contribution in [1.29, 1.82) is 0 Å². The molecule has 0 aliphatic carbocycles. The zero-order valence-corrected chi connectivity index (χ0v) is 17.5. The first-order valence-corrected chi connectivity index (χ1v) is 12.2. The molecular formula is C17H23N3O6S2. The Labute approximate surface area is 164 Å². The van der Waals surface area contributed by atoms with Crippen LogP contribution in [0, 0.1) is 0 Å². The van der Waals surface area contributed by atoms with E-state index in [1.807, 2.05) is 0 Å². The highest BCUT2D eigenvalue weighted by Crippen LogP contribution is 2.32. The molecule has 11 heteroatoms. The van der Waals surface area contributed by atoms with Crippen LogP contribution in [-0.2, 0) is 20.0 Å². The zero-order valence-electron chi connectivity index (χ0n) is 15.9. The molecule has 9 nitrogen and oxygen atoms in total. The lowest BCUT2D eigenvalue weighted by Crippen LogP contribution is -2.49. The monoisotopic (exact) mass is 429 g/mol. The van der Waals surface area contributed by atoms with E-state index in [0.29, 0.717) is 19.4 Å². The number of rotatable bonds is 4. The van der Waals surface area contributed by atoms with Crippen molar-refractivity contribution in [1.82, 2.24) is 13.9 Å². The minimum atomic E-state index is -4.00. The Morgan fingerprint density at radius 2 is 1.96 bits per heavy atom. The second-order valence-electron chi connectivity index (χ2n) is 7.34. The molecule has 2 aliphatic rings. The fourth-order valence-corrected chi connectivity index (χ4v) is 6.23. The van der Waals surface area contributed by atoms with Crippen molar-refractivity contribution in [2.24, 2.45) is 0 Å². The van der Waals surface area contributed by atoms with E-state index in [1.54, 1.807) is 13.8 Å². The van der Waals surface area contributed by atoms with Crippen LogP contribution < -0.4 is 5.32 Å². The molecule has 1 N–H and O–H groups in total. The van der Waals surface area contributed by atoms with Crippen molar-refractivity contribution in [3.63, 3.8) is 0 Å². The molecule has 2 heterocycles. The minimum absolute atomic E-state index is 0.0474. The van der Waals surface area contributed by atoms with Crippen molar-refractivity contribution >= 4 is 31.9 Å². The van der Waals surface area contributed by atoms with Gasteiger partial charge in [0.25, 0.3) is 21.8 Å². The van der Waals surface area contributed by atoms with Crippen LogP contribution in [0.3, 0.4) is 0 Å². The van der Waals surface area contributed by atoms with E-state index in [2.05, 4.69) is 5.32 Å². The van der Waals surface area contributed by atoms with Crippen LogP contribution in [-0.4, -0.2) is 68.7 Å². The second-order valence-corrected chi connectivity index (χ2v) is 11.1. The summed E-state index contributed by atoms with van der Waals surface area (Å²) in [6, 6.07) is 3.05. The number of piperidine rings is 1. The summed E-state index contributed by atoms with van der Waals surface area (Å²) in [7, 11) is -7.34. The van der Waals surface area contributed by atoms with Gasteiger partial charge in [-0.2, -0.15) is 0 Å². The largest absolute Gasteiger partial charge is 0.348 e. The number of hydrogen-bond donors (Lipinski definition) is 1. The molecule has 1 atom stereocenters. The molecule has 1 saturated heterocycles. The third kappa shape index (κ3) is 3.65. The maximum atomic E-state index is 12.7. The van der Waals surface area contributed by atoms with Crippen molar-refractivity contribution in [3.8, 4) is 0 Å². The van der Waals surface area contributed by atoms with Gasteiger partial charge in [-0.1, -0.05) is 0 Å². The summed E-state index contributed by atoms with van der Waals surface area (Å²) >= 11 is 0. The highest BCUT2D eigenvalue weighted by molar-refractivity contribution is 7.90. The van der Waals surface area contributed by atoms with Gasteiger partial charge in [0, 0.05) is 30.7 Å². The predicted molar refractivity (Wildman–Crippen MR) is 102 cm³/mol. The van der Waals surface area contributed by atoms with Crippen LogP contribution >= 0.6 is 0 Å². The Bertz CT molecular complexity index is 1030. The fraction of sp³-hybridized carbons (Fsp3) is 0.529. The maximum Gasteiger partial charge on any atom is 0.269 e. The molecule has 1 aromatic carbocycles. The third-order valence-electron chi connectivity index (χ3n) is 4.87. The van der Waals surface area contributed by atoms with Crippen molar-refractivity contribution < 1.29 is 26.4 Å². The van der Waals surface area contributed by atoms with E-state index in [1.165, 1.54) is 22.5 Å². The molecular weight excluding hydrogens is 406 g/mol. The van der Waals surface area contributed by atoms with E-state index < -0.39 is 37.9 Å². The summed E-state index contributed by atoms with van der Waals surface area (Å²) < 4.78 is 50.9. The Kier molecular flexibility index (Phi) is 5.28.